The summed E-state index contributed by atoms with van der Waals surface area (Å²) in [6.45, 7) is 1.60. The van der Waals surface area contributed by atoms with Gasteiger partial charge >= 0.3 is 0 Å². The highest BCUT2D eigenvalue weighted by Crippen LogP contribution is 2.34. The van der Waals surface area contributed by atoms with E-state index in [9.17, 15) is 17.9 Å². The topological polar surface area (TPSA) is 66.4 Å². The Morgan fingerprint density at radius 2 is 1.91 bits per heavy atom. The van der Waals surface area contributed by atoms with Gasteiger partial charge in [0.1, 0.15) is 10.7 Å². The van der Waals surface area contributed by atoms with Crippen LogP contribution in [0.5, 0.6) is 5.75 Å². The van der Waals surface area contributed by atoms with Crippen LogP contribution >= 0.6 is 23.2 Å². The first kappa shape index (κ1) is 17.0. The maximum atomic E-state index is 13.2. The summed E-state index contributed by atoms with van der Waals surface area (Å²) in [5, 5.41) is 9.69. The fourth-order valence-corrected chi connectivity index (χ4v) is 3.59. The van der Waals surface area contributed by atoms with Gasteiger partial charge in [-0.05, 0) is 42.3 Å². The van der Waals surface area contributed by atoms with Gasteiger partial charge in [-0.2, -0.15) is 0 Å². The van der Waals surface area contributed by atoms with Gasteiger partial charge in [0.25, 0.3) is 0 Å². The molecule has 0 saturated carbocycles. The summed E-state index contributed by atoms with van der Waals surface area (Å²) in [5.41, 5.74) is 1.22. The van der Waals surface area contributed by atoms with Crippen molar-refractivity contribution in [3.8, 4) is 5.75 Å². The molecule has 0 radical (unpaired) electrons. The number of aromatic hydroxyl groups is 1. The summed E-state index contributed by atoms with van der Waals surface area (Å²) in [6.07, 6.45) is 0. The van der Waals surface area contributed by atoms with Gasteiger partial charge in [-0.25, -0.2) is 17.5 Å². The Kier molecular flexibility index (Phi) is 4.97. The molecular formula is C14H12Cl2FNO3S. The molecule has 0 heterocycles. The molecule has 118 valence electrons. The van der Waals surface area contributed by atoms with Crippen molar-refractivity contribution in [2.45, 2.75) is 18.4 Å². The van der Waals surface area contributed by atoms with Crippen LogP contribution in [0.1, 0.15) is 11.1 Å². The van der Waals surface area contributed by atoms with Crippen LogP contribution in [0.4, 0.5) is 4.39 Å². The van der Waals surface area contributed by atoms with Crippen LogP contribution in [-0.4, -0.2) is 13.5 Å². The van der Waals surface area contributed by atoms with E-state index in [1.165, 1.54) is 18.2 Å². The Bertz CT molecular complexity index is 825. The van der Waals surface area contributed by atoms with Crippen molar-refractivity contribution in [1.82, 2.24) is 4.72 Å². The standard InChI is InChI=1S/C14H12Cl2FNO3S/c1-8-2-3-11(17)4-9(8)7-18-22(20,21)13-6-10(15)5-12(16)14(13)19/h2-6,18-19H,7H2,1H3. The highest BCUT2D eigenvalue weighted by molar-refractivity contribution is 7.89. The molecule has 2 N–H and O–H groups in total. The molecule has 0 fully saturated rings. The largest absolute Gasteiger partial charge is 0.505 e. The first-order chi connectivity index (χ1) is 10.2. The summed E-state index contributed by atoms with van der Waals surface area (Å²) in [5.74, 6) is -1.05. The van der Waals surface area contributed by atoms with Crippen LogP contribution in [0.15, 0.2) is 35.2 Å². The number of halogens is 3. The van der Waals surface area contributed by atoms with Crippen molar-refractivity contribution >= 4 is 33.2 Å². The lowest BCUT2D eigenvalue weighted by atomic mass is 10.1. The van der Waals surface area contributed by atoms with Gasteiger partial charge in [0.05, 0.1) is 5.02 Å². The Balaban J connectivity index is 2.31. The first-order valence-electron chi connectivity index (χ1n) is 6.13. The van der Waals surface area contributed by atoms with Crippen molar-refractivity contribution < 1.29 is 17.9 Å². The van der Waals surface area contributed by atoms with Gasteiger partial charge in [-0.15, -0.1) is 0 Å². The molecule has 0 amide bonds. The first-order valence-corrected chi connectivity index (χ1v) is 8.37. The molecular weight excluding hydrogens is 352 g/mol. The lowest BCUT2D eigenvalue weighted by Crippen LogP contribution is -2.24. The highest BCUT2D eigenvalue weighted by atomic mass is 35.5. The molecule has 0 saturated heterocycles. The minimum absolute atomic E-state index is 0.0742. The number of phenols is 1. The molecule has 2 aromatic carbocycles. The summed E-state index contributed by atoms with van der Waals surface area (Å²) in [6, 6.07) is 6.39. The van der Waals surface area contributed by atoms with Crippen LogP contribution in [0.2, 0.25) is 10.0 Å². The normalized spacial score (nSPS) is 11.6. The molecule has 0 aliphatic carbocycles. The fourth-order valence-electron chi connectivity index (χ4n) is 1.83. The molecule has 0 spiro atoms. The van der Waals surface area contributed by atoms with Crippen molar-refractivity contribution in [2.24, 2.45) is 0 Å². The number of benzene rings is 2. The number of hydrogen-bond donors (Lipinski definition) is 2. The third-order valence-electron chi connectivity index (χ3n) is 3.05. The van der Waals surface area contributed by atoms with Crippen molar-refractivity contribution in [3.05, 3.63) is 57.3 Å². The number of phenolic OH excluding ortho intramolecular Hbond substituents is 1. The Morgan fingerprint density at radius 1 is 1.23 bits per heavy atom. The summed E-state index contributed by atoms with van der Waals surface area (Å²) >= 11 is 11.5. The fraction of sp³-hybridized carbons (Fsp3) is 0.143. The maximum Gasteiger partial charge on any atom is 0.244 e. The minimum atomic E-state index is -4.06. The third kappa shape index (κ3) is 3.70. The molecule has 8 heteroatoms. The lowest BCUT2D eigenvalue weighted by molar-refractivity contribution is 0.458. The Morgan fingerprint density at radius 3 is 2.59 bits per heavy atom. The zero-order valence-corrected chi connectivity index (χ0v) is 13.7. The number of sulfonamides is 1. The minimum Gasteiger partial charge on any atom is -0.505 e. The third-order valence-corrected chi connectivity index (χ3v) is 4.97. The molecule has 0 aromatic heterocycles. The average molecular weight is 364 g/mol. The maximum absolute atomic E-state index is 13.2. The van der Waals surface area contributed by atoms with Gasteiger partial charge in [0.15, 0.2) is 5.75 Å². The zero-order chi connectivity index (χ0) is 16.5. The molecule has 0 unspecified atom stereocenters. The Hall–Kier alpha value is -1.34. The van der Waals surface area contributed by atoms with E-state index in [-0.39, 0.29) is 16.6 Å². The SMILES string of the molecule is Cc1ccc(F)cc1CNS(=O)(=O)c1cc(Cl)cc(Cl)c1O. The van der Waals surface area contributed by atoms with Crippen LogP contribution in [-0.2, 0) is 16.6 Å². The van der Waals surface area contributed by atoms with E-state index < -0.39 is 26.5 Å². The molecule has 0 bridgehead atoms. The quantitative estimate of drug-likeness (QED) is 0.871. The lowest BCUT2D eigenvalue weighted by Gasteiger charge is -2.11. The van der Waals surface area contributed by atoms with E-state index in [0.29, 0.717) is 5.56 Å². The van der Waals surface area contributed by atoms with E-state index in [0.717, 1.165) is 11.6 Å². The number of nitrogens with one attached hydrogen (secondary N) is 1. The summed E-state index contributed by atoms with van der Waals surface area (Å²) < 4.78 is 40.0. The highest BCUT2D eigenvalue weighted by Gasteiger charge is 2.21. The second-order valence-corrected chi connectivity index (χ2v) is 7.21. The second kappa shape index (κ2) is 6.42. The van der Waals surface area contributed by atoms with Crippen molar-refractivity contribution in [3.63, 3.8) is 0 Å². The van der Waals surface area contributed by atoms with E-state index in [1.54, 1.807) is 13.0 Å². The average Bonchev–Trinajstić information content (AvgIpc) is 2.43. The van der Waals surface area contributed by atoms with Gasteiger partial charge in [0, 0.05) is 11.6 Å². The number of rotatable bonds is 4. The van der Waals surface area contributed by atoms with E-state index in [2.05, 4.69) is 4.72 Å². The van der Waals surface area contributed by atoms with Gasteiger partial charge in [-0.3, -0.25) is 0 Å². The van der Waals surface area contributed by atoms with E-state index in [4.69, 9.17) is 23.2 Å². The van der Waals surface area contributed by atoms with Crippen LogP contribution in [0.25, 0.3) is 0 Å². The van der Waals surface area contributed by atoms with Gasteiger partial charge in [0.2, 0.25) is 10.0 Å². The van der Waals surface area contributed by atoms with Crippen LogP contribution < -0.4 is 4.72 Å². The molecule has 22 heavy (non-hydrogen) atoms. The number of hydrogen-bond acceptors (Lipinski definition) is 3. The molecule has 2 rings (SSSR count). The monoisotopic (exact) mass is 363 g/mol. The van der Waals surface area contributed by atoms with Gasteiger partial charge in [-0.1, -0.05) is 29.3 Å². The van der Waals surface area contributed by atoms with E-state index >= 15 is 0 Å². The summed E-state index contributed by atoms with van der Waals surface area (Å²) in [7, 11) is -4.06. The Labute approximate surface area is 137 Å². The van der Waals surface area contributed by atoms with Crippen LogP contribution in [0, 0.1) is 12.7 Å². The van der Waals surface area contributed by atoms with Crippen molar-refractivity contribution in [1.29, 1.82) is 0 Å². The second-order valence-electron chi connectivity index (χ2n) is 4.63. The van der Waals surface area contributed by atoms with Crippen LogP contribution in [0.3, 0.4) is 0 Å². The molecule has 0 aliphatic rings. The van der Waals surface area contributed by atoms with E-state index in [1.807, 2.05) is 0 Å². The molecule has 0 atom stereocenters. The molecule has 0 aliphatic heterocycles. The van der Waals surface area contributed by atoms with Gasteiger partial charge < -0.3 is 5.11 Å². The smallest absolute Gasteiger partial charge is 0.244 e. The predicted octanol–water partition coefficient (Wildman–Crippen LogP) is 3.63. The molecule has 2 aromatic rings. The zero-order valence-electron chi connectivity index (χ0n) is 11.4. The predicted molar refractivity (Wildman–Crippen MR) is 83.3 cm³/mol. The number of aryl methyl sites for hydroxylation is 1. The summed E-state index contributed by atoms with van der Waals surface area (Å²) in [4.78, 5) is -0.431. The van der Waals surface area contributed by atoms with Crippen molar-refractivity contribution in [2.75, 3.05) is 0 Å². The molecule has 4 nitrogen and oxygen atoms in total.